The molecule has 10 aliphatic carbocycles. The molecule has 0 spiro atoms. The third-order valence-electron chi connectivity index (χ3n) is 15.5. The zero-order valence-electron chi connectivity index (χ0n) is 63.2. The smallest absolute Gasteiger partial charge is 0.344 e. The molecule has 31 heteroatoms. The van der Waals surface area contributed by atoms with Gasteiger partial charge in [-0.15, -0.1) is 0 Å². The molecule has 0 radical (unpaired) electrons. The second-order valence-corrected chi connectivity index (χ2v) is 23.6. The molecule has 5 aromatic rings. The first-order chi connectivity index (χ1) is 52.7. The molecular formula is C78H98N2O29. The standard InChI is InChI=1S/C78H98N2O29/c1-10-91-70(82)40-101-60-30-49-24-51-31-62(103-42-72(84)93-12-3)53(33-61(51)102-41-71(83)92-11-2)26-55-35-66(107-46-76(88)97-16-7)57(37-65(55)106-45-75(87)96-15-6)28-58-38-67(108-47-77(89)98-17-8)56(36-68(58)109-48-78(90)99-18-9)27-54-34-63(104-43-73(85)94-13-4)52(32-64(54)105-44-74(86)95-14-5)25-50(60)29-59(49)100-39-69(81)80-23-21-19-20-22-79/h29-38H,10-28,39-48,79H2,1-9H3,(H,80,81). The highest BCUT2D eigenvalue weighted by molar-refractivity contribution is 5.78. The molecule has 594 valence electrons. The summed E-state index contributed by atoms with van der Waals surface area (Å²) < 4.78 is 112. The van der Waals surface area contributed by atoms with Crippen LogP contribution in [-0.2, 0) is 123 Å². The summed E-state index contributed by atoms with van der Waals surface area (Å²) in [6.45, 7) is 8.57. The Hall–Kier alpha value is -11.2. The summed E-state index contributed by atoms with van der Waals surface area (Å²) in [7, 11) is 0. The minimum Gasteiger partial charge on any atom is -0.483 e. The molecule has 0 saturated carbocycles. The predicted octanol–water partition coefficient (Wildman–Crippen LogP) is 7.06. The van der Waals surface area contributed by atoms with E-state index in [1.807, 2.05) is 0 Å². The van der Waals surface area contributed by atoms with E-state index < -0.39 is 126 Å². The predicted molar refractivity (Wildman–Crippen MR) is 387 cm³/mol. The van der Waals surface area contributed by atoms with Crippen molar-refractivity contribution in [2.24, 2.45) is 5.73 Å². The fourth-order valence-electron chi connectivity index (χ4n) is 10.9. The first-order valence-electron chi connectivity index (χ1n) is 36.1. The number of hydrogen-bond donors (Lipinski definition) is 2. The van der Waals surface area contributed by atoms with Crippen LogP contribution >= 0.6 is 0 Å². The van der Waals surface area contributed by atoms with E-state index in [-0.39, 0.29) is 211 Å². The van der Waals surface area contributed by atoms with Crippen molar-refractivity contribution < 1.29 is 138 Å². The lowest BCUT2D eigenvalue weighted by Crippen LogP contribution is -2.30. The molecule has 31 nitrogen and oxygen atoms in total. The number of carbonyl (C=O) groups is 10. The van der Waals surface area contributed by atoms with Crippen LogP contribution in [0.3, 0.4) is 0 Å². The number of carbonyl (C=O) groups excluding carboxylic acids is 10. The molecule has 0 unspecified atom stereocenters. The van der Waals surface area contributed by atoms with Crippen molar-refractivity contribution in [1.82, 2.24) is 5.32 Å². The maximum Gasteiger partial charge on any atom is 0.344 e. The Morgan fingerprint density at radius 1 is 0.248 bits per heavy atom. The van der Waals surface area contributed by atoms with E-state index in [2.05, 4.69) is 5.32 Å². The highest BCUT2D eigenvalue weighted by Crippen LogP contribution is 2.43. The zero-order valence-corrected chi connectivity index (χ0v) is 63.2. The molecule has 0 atom stereocenters. The summed E-state index contributed by atoms with van der Waals surface area (Å²) in [5.74, 6) is -7.33. The Morgan fingerprint density at radius 3 is 0.550 bits per heavy atom. The van der Waals surface area contributed by atoms with Gasteiger partial charge in [-0.1, -0.05) is 6.42 Å². The first kappa shape index (κ1) is 86.7. The lowest BCUT2D eigenvalue weighted by molar-refractivity contribution is -0.146. The number of esters is 9. The molecule has 5 aromatic carbocycles. The van der Waals surface area contributed by atoms with Gasteiger partial charge in [-0.05, 0) is 142 Å². The fourth-order valence-corrected chi connectivity index (χ4v) is 10.9. The Labute approximate surface area is 632 Å². The number of unbranched alkanes of at least 4 members (excludes halogenated alkanes) is 2. The van der Waals surface area contributed by atoms with Gasteiger partial charge >= 0.3 is 53.7 Å². The molecule has 1 amide bonds. The Balaban J connectivity index is 1.87. The maximum absolute atomic E-state index is 13.8. The topological polar surface area (TPSA) is 384 Å². The number of ether oxygens (including phenoxy) is 19. The van der Waals surface area contributed by atoms with Crippen LogP contribution in [-0.4, -0.2) is 198 Å². The van der Waals surface area contributed by atoms with E-state index in [0.717, 1.165) is 12.8 Å². The number of benzene rings is 5. The van der Waals surface area contributed by atoms with Gasteiger partial charge in [0, 0.05) is 94.3 Å². The van der Waals surface area contributed by atoms with Gasteiger partial charge in [0.2, 0.25) is 0 Å². The lowest BCUT2D eigenvalue weighted by Gasteiger charge is -2.22. The second-order valence-electron chi connectivity index (χ2n) is 23.6. The lowest BCUT2D eigenvalue weighted by atomic mass is 9.94. The highest BCUT2D eigenvalue weighted by atomic mass is 16.6. The molecule has 0 fully saturated rings. The molecule has 10 aliphatic rings. The largest absolute Gasteiger partial charge is 0.483 e. The summed E-state index contributed by atoms with van der Waals surface area (Å²) in [4.78, 5) is 134. The average Bonchev–Trinajstić information content (AvgIpc) is 1.27. The zero-order chi connectivity index (χ0) is 79.0. The van der Waals surface area contributed by atoms with E-state index in [0.29, 0.717) is 13.0 Å². The first-order valence-corrected chi connectivity index (χ1v) is 36.1. The average molecular weight is 1530 g/mol. The quantitative estimate of drug-likeness (QED) is 0.0220. The van der Waals surface area contributed by atoms with Gasteiger partial charge in [-0.25, -0.2) is 43.2 Å². The van der Waals surface area contributed by atoms with Crippen molar-refractivity contribution >= 4 is 59.6 Å². The van der Waals surface area contributed by atoms with Crippen molar-refractivity contribution in [2.75, 3.05) is 139 Å². The number of amides is 1. The van der Waals surface area contributed by atoms with E-state index in [4.69, 9.17) is 95.7 Å². The second kappa shape index (κ2) is 46.8. The summed E-state index contributed by atoms with van der Waals surface area (Å²) >= 11 is 0. The molecular weight excluding hydrogens is 1430 g/mol. The molecule has 0 aliphatic heterocycles. The third kappa shape index (κ3) is 29.1. The summed E-state index contributed by atoms with van der Waals surface area (Å²) in [5.41, 5.74) is 8.15. The van der Waals surface area contributed by atoms with Crippen molar-refractivity contribution in [3.8, 4) is 57.5 Å². The van der Waals surface area contributed by atoms with Crippen molar-refractivity contribution in [2.45, 2.75) is 114 Å². The van der Waals surface area contributed by atoms with Crippen LogP contribution in [0.4, 0.5) is 0 Å². The molecule has 0 heterocycles. The van der Waals surface area contributed by atoms with Crippen LogP contribution in [0.1, 0.15) is 137 Å². The van der Waals surface area contributed by atoms with Crippen LogP contribution in [0.5, 0.6) is 57.5 Å². The van der Waals surface area contributed by atoms with E-state index in [1.54, 1.807) is 74.4 Å². The number of hydrogen-bond acceptors (Lipinski definition) is 30. The highest BCUT2D eigenvalue weighted by Gasteiger charge is 2.28. The summed E-state index contributed by atoms with van der Waals surface area (Å²) in [6.07, 6.45) is 0.866. The van der Waals surface area contributed by atoms with Gasteiger partial charge in [-0.3, -0.25) is 4.79 Å². The van der Waals surface area contributed by atoms with Crippen LogP contribution in [0.25, 0.3) is 0 Å². The van der Waals surface area contributed by atoms with Crippen molar-refractivity contribution in [3.05, 3.63) is 116 Å². The number of rotatable bonds is 44. The van der Waals surface area contributed by atoms with Crippen LogP contribution in [0.2, 0.25) is 0 Å². The third-order valence-corrected chi connectivity index (χ3v) is 15.5. The van der Waals surface area contributed by atoms with E-state index in [1.165, 1.54) is 48.5 Å². The number of nitrogens with two attached hydrogens (primary N) is 1. The Bertz CT molecular complexity index is 3710. The molecule has 10 bridgehead atoms. The van der Waals surface area contributed by atoms with Gasteiger partial charge in [0.1, 0.15) is 57.5 Å². The van der Waals surface area contributed by atoms with Crippen molar-refractivity contribution in [3.63, 3.8) is 0 Å². The van der Waals surface area contributed by atoms with Crippen molar-refractivity contribution in [1.29, 1.82) is 0 Å². The van der Waals surface area contributed by atoms with Gasteiger partial charge in [0.05, 0.1) is 59.5 Å². The van der Waals surface area contributed by atoms with E-state index in [9.17, 15) is 47.9 Å². The van der Waals surface area contributed by atoms with Gasteiger partial charge < -0.3 is 101 Å². The molecule has 0 aromatic heterocycles. The van der Waals surface area contributed by atoms with Crippen LogP contribution < -0.4 is 58.4 Å². The normalized spacial score (nSPS) is 11.4. The molecule has 0 saturated heterocycles. The minimum atomic E-state index is -0.773. The summed E-state index contributed by atoms with van der Waals surface area (Å²) in [6, 6.07) is 15.3. The Kier molecular flexibility index (Phi) is 37.2. The summed E-state index contributed by atoms with van der Waals surface area (Å²) in [5, 5.41) is 2.87. The van der Waals surface area contributed by atoms with Gasteiger partial charge in [0.15, 0.2) is 66.1 Å². The van der Waals surface area contributed by atoms with Gasteiger partial charge in [-0.2, -0.15) is 0 Å². The van der Waals surface area contributed by atoms with Crippen LogP contribution in [0, 0.1) is 0 Å². The Morgan fingerprint density at radius 2 is 0.404 bits per heavy atom. The van der Waals surface area contributed by atoms with Crippen LogP contribution in [0.15, 0.2) is 60.7 Å². The minimum absolute atomic E-state index is 0.00602. The molecule has 3 N–H and O–H groups in total. The fraction of sp³-hybridized carbons (Fsp3) is 0.487. The molecule has 109 heavy (non-hydrogen) atoms. The number of nitrogens with one attached hydrogen (secondary N) is 1. The monoisotopic (exact) mass is 1530 g/mol. The SMILES string of the molecule is CCOC(=O)COc1cc2c(OCC(=O)OCC)cc1Cc1cc(OCC(=O)OCC)c(cc1OCC(=O)NCCCCCN)Cc1cc(OCC(=O)OCC)c(cc1OCC(=O)OCC)Cc1cc(OCC(=O)OCC)c(cc1OCC(=O)OCC)Cc1cc(OCC(=O)OCC)c(cc1OCC(=O)OCC)C2. The van der Waals surface area contributed by atoms with E-state index >= 15 is 0 Å². The maximum atomic E-state index is 13.8. The molecule has 15 rings (SSSR count). The van der Waals surface area contributed by atoms with Gasteiger partial charge in [0.25, 0.3) is 5.91 Å².